The molecule has 0 rings (SSSR count). The van der Waals surface area contributed by atoms with Gasteiger partial charge in [-0.15, -0.1) is 0 Å². The maximum Gasteiger partial charge on any atom is 0.120 e. The molecule has 0 saturated carbocycles. The Kier molecular flexibility index (Phi) is 12.4. The van der Waals surface area contributed by atoms with Crippen LogP contribution in [0.3, 0.4) is 0 Å². The van der Waals surface area contributed by atoms with E-state index in [9.17, 15) is 4.79 Å². The van der Waals surface area contributed by atoms with E-state index in [1.54, 1.807) is 0 Å². The van der Waals surface area contributed by atoms with Crippen molar-refractivity contribution in [2.24, 2.45) is 0 Å². The summed E-state index contributed by atoms with van der Waals surface area (Å²) in [6.07, 6.45) is 18.7. The number of rotatable bonds is 10. The van der Waals surface area contributed by atoms with Gasteiger partial charge in [-0.2, -0.15) is 0 Å². The summed E-state index contributed by atoms with van der Waals surface area (Å²) in [5.74, 6) is 0. The highest BCUT2D eigenvalue weighted by Crippen LogP contribution is 2.03. The summed E-state index contributed by atoms with van der Waals surface area (Å²) in [5.41, 5.74) is 0. The molecule has 0 spiro atoms. The van der Waals surface area contributed by atoms with Crippen LogP contribution in [-0.4, -0.2) is 6.29 Å². The molecule has 1 nitrogen and oxygen atoms in total. The van der Waals surface area contributed by atoms with Crippen molar-refractivity contribution in [1.82, 2.24) is 0 Å². The molecule has 0 saturated heterocycles. The Morgan fingerprint density at radius 1 is 0.800 bits per heavy atom. The van der Waals surface area contributed by atoms with E-state index in [4.69, 9.17) is 0 Å². The standard InChI is InChI=1S/C14H24O/c1-2-3-4-5-6-7-8-9-10-11-12-13-14-15/h7-10,14H,2-6,11-13H2,1H3/b8-7+,10-9+. The molecule has 0 aromatic rings. The van der Waals surface area contributed by atoms with Crippen LogP contribution in [0.5, 0.6) is 0 Å². The minimum atomic E-state index is 0.686. The zero-order valence-electron chi connectivity index (χ0n) is 9.95. The fourth-order valence-electron chi connectivity index (χ4n) is 1.36. The lowest BCUT2D eigenvalue weighted by Gasteiger charge is -1.93. The van der Waals surface area contributed by atoms with E-state index in [-0.39, 0.29) is 0 Å². The first-order valence-electron chi connectivity index (χ1n) is 6.17. The molecule has 0 amide bonds. The van der Waals surface area contributed by atoms with Crippen molar-refractivity contribution in [3.8, 4) is 0 Å². The molecule has 1 heteroatoms. The predicted molar refractivity (Wildman–Crippen MR) is 67.0 cm³/mol. The highest BCUT2D eigenvalue weighted by atomic mass is 16.1. The van der Waals surface area contributed by atoms with E-state index in [2.05, 4.69) is 31.2 Å². The Hall–Kier alpha value is -0.850. The number of allylic oxidation sites excluding steroid dienone is 4. The summed E-state index contributed by atoms with van der Waals surface area (Å²) in [5, 5.41) is 0. The number of carbonyl (C=O) groups is 1. The Balaban J connectivity index is 3.18. The first-order chi connectivity index (χ1) is 7.41. The van der Waals surface area contributed by atoms with Crippen LogP contribution in [0.1, 0.15) is 58.3 Å². The number of hydrogen-bond donors (Lipinski definition) is 0. The quantitative estimate of drug-likeness (QED) is 0.295. The monoisotopic (exact) mass is 208 g/mol. The molecule has 86 valence electrons. The minimum absolute atomic E-state index is 0.686. The molecule has 0 aliphatic heterocycles. The number of carbonyl (C=O) groups excluding carboxylic acids is 1. The lowest BCUT2D eigenvalue weighted by molar-refractivity contribution is -0.107. The average Bonchev–Trinajstić information content (AvgIpc) is 2.26. The van der Waals surface area contributed by atoms with Crippen molar-refractivity contribution in [2.75, 3.05) is 0 Å². The van der Waals surface area contributed by atoms with E-state index in [0.29, 0.717) is 6.42 Å². The molecule has 0 fully saturated rings. The Morgan fingerprint density at radius 2 is 1.47 bits per heavy atom. The van der Waals surface area contributed by atoms with Crippen LogP contribution < -0.4 is 0 Å². The fraction of sp³-hybridized carbons (Fsp3) is 0.643. The van der Waals surface area contributed by atoms with Crippen molar-refractivity contribution in [1.29, 1.82) is 0 Å². The fourth-order valence-corrected chi connectivity index (χ4v) is 1.36. The molecule has 0 N–H and O–H groups in total. The largest absolute Gasteiger partial charge is 0.303 e. The van der Waals surface area contributed by atoms with Crippen LogP contribution in [0.15, 0.2) is 24.3 Å². The van der Waals surface area contributed by atoms with Crippen molar-refractivity contribution in [2.45, 2.75) is 58.3 Å². The Labute approximate surface area is 94.3 Å². The van der Waals surface area contributed by atoms with Gasteiger partial charge in [0.2, 0.25) is 0 Å². The SMILES string of the molecule is CCCCCC/C=C/C=C/CCCC=O. The number of unbranched alkanes of at least 4 members (excludes halogenated alkanes) is 6. The third-order valence-electron chi connectivity index (χ3n) is 2.30. The van der Waals surface area contributed by atoms with Gasteiger partial charge in [-0.1, -0.05) is 50.5 Å². The molecule has 15 heavy (non-hydrogen) atoms. The van der Waals surface area contributed by atoms with Gasteiger partial charge in [0, 0.05) is 6.42 Å². The van der Waals surface area contributed by atoms with Gasteiger partial charge in [0.25, 0.3) is 0 Å². The average molecular weight is 208 g/mol. The minimum Gasteiger partial charge on any atom is -0.303 e. The number of aldehydes is 1. The molecule has 0 unspecified atom stereocenters. The van der Waals surface area contributed by atoms with Gasteiger partial charge in [0.15, 0.2) is 0 Å². The van der Waals surface area contributed by atoms with Gasteiger partial charge in [-0.25, -0.2) is 0 Å². The number of hydrogen-bond acceptors (Lipinski definition) is 1. The van der Waals surface area contributed by atoms with Crippen molar-refractivity contribution in [3.63, 3.8) is 0 Å². The van der Waals surface area contributed by atoms with Crippen LogP contribution >= 0.6 is 0 Å². The van der Waals surface area contributed by atoms with Crippen LogP contribution in [-0.2, 0) is 4.79 Å². The summed E-state index contributed by atoms with van der Waals surface area (Å²) in [7, 11) is 0. The van der Waals surface area contributed by atoms with E-state index < -0.39 is 0 Å². The van der Waals surface area contributed by atoms with Crippen molar-refractivity contribution >= 4 is 6.29 Å². The van der Waals surface area contributed by atoms with Gasteiger partial charge in [0.05, 0.1) is 0 Å². The Morgan fingerprint density at radius 3 is 2.07 bits per heavy atom. The molecule has 0 bridgehead atoms. The van der Waals surface area contributed by atoms with Crippen LogP contribution in [0, 0.1) is 0 Å². The lowest BCUT2D eigenvalue weighted by Crippen LogP contribution is -1.74. The second-order valence-corrected chi connectivity index (χ2v) is 3.80. The second-order valence-electron chi connectivity index (χ2n) is 3.80. The van der Waals surface area contributed by atoms with Crippen molar-refractivity contribution < 1.29 is 4.79 Å². The van der Waals surface area contributed by atoms with E-state index in [1.165, 1.54) is 32.1 Å². The summed E-state index contributed by atoms with van der Waals surface area (Å²) < 4.78 is 0. The zero-order valence-corrected chi connectivity index (χ0v) is 9.95. The summed E-state index contributed by atoms with van der Waals surface area (Å²) in [4.78, 5) is 10.0. The second kappa shape index (κ2) is 13.2. The van der Waals surface area contributed by atoms with Crippen LogP contribution in [0.2, 0.25) is 0 Å². The normalized spacial score (nSPS) is 11.5. The molecule has 0 radical (unpaired) electrons. The predicted octanol–water partition coefficient (Wildman–Crippen LogP) is 4.44. The van der Waals surface area contributed by atoms with E-state index in [1.807, 2.05) is 0 Å². The van der Waals surface area contributed by atoms with E-state index >= 15 is 0 Å². The maximum absolute atomic E-state index is 10.0. The first-order valence-corrected chi connectivity index (χ1v) is 6.17. The molecule has 0 atom stereocenters. The molecular formula is C14H24O. The topological polar surface area (TPSA) is 17.1 Å². The van der Waals surface area contributed by atoms with Crippen molar-refractivity contribution in [3.05, 3.63) is 24.3 Å². The third kappa shape index (κ3) is 13.2. The lowest BCUT2D eigenvalue weighted by atomic mass is 10.1. The third-order valence-corrected chi connectivity index (χ3v) is 2.30. The molecule has 0 aliphatic carbocycles. The highest BCUT2D eigenvalue weighted by Gasteiger charge is 1.83. The highest BCUT2D eigenvalue weighted by molar-refractivity contribution is 5.49. The van der Waals surface area contributed by atoms with Gasteiger partial charge < -0.3 is 4.79 Å². The molecule has 0 aliphatic rings. The maximum atomic E-state index is 10.0. The first kappa shape index (κ1) is 14.2. The molecule has 0 aromatic carbocycles. The van der Waals surface area contributed by atoms with Gasteiger partial charge in [-0.05, 0) is 25.7 Å². The molecule has 0 heterocycles. The van der Waals surface area contributed by atoms with Crippen LogP contribution in [0.25, 0.3) is 0 Å². The van der Waals surface area contributed by atoms with Gasteiger partial charge in [0.1, 0.15) is 6.29 Å². The van der Waals surface area contributed by atoms with E-state index in [0.717, 1.165) is 19.1 Å². The molecule has 0 aromatic heterocycles. The smallest absolute Gasteiger partial charge is 0.120 e. The van der Waals surface area contributed by atoms with Gasteiger partial charge >= 0.3 is 0 Å². The Bertz CT molecular complexity index is 180. The molecular weight excluding hydrogens is 184 g/mol. The summed E-state index contributed by atoms with van der Waals surface area (Å²) in [6.45, 7) is 2.23. The van der Waals surface area contributed by atoms with Gasteiger partial charge in [-0.3, -0.25) is 0 Å². The summed E-state index contributed by atoms with van der Waals surface area (Å²) in [6, 6.07) is 0. The summed E-state index contributed by atoms with van der Waals surface area (Å²) >= 11 is 0. The zero-order chi connectivity index (χ0) is 11.2. The van der Waals surface area contributed by atoms with Crippen LogP contribution in [0.4, 0.5) is 0 Å².